The van der Waals surface area contributed by atoms with E-state index in [9.17, 15) is 4.79 Å². The summed E-state index contributed by atoms with van der Waals surface area (Å²) in [6.07, 6.45) is 3.63. The normalized spacial score (nSPS) is 32.6. The first-order valence-corrected chi connectivity index (χ1v) is 5.43. The predicted molar refractivity (Wildman–Crippen MR) is 56.0 cm³/mol. The summed E-state index contributed by atoms with van der Waals surface area (Å²) < 4.78 is 4.80. The Morgan fingerprint density at radius 1 is 1.43 bits per heavy atom. The summed E-state index contributed by atoms with van der Waals surface area (Å²) in [5.41, 5.74) is 0. The van der Waals surface area contributed by atoms with E-state index in [2.05, 4.69) is 19.2 Å². The molecule has 3 unspecified atom stereocenters. The molecule has 0 radical (unpaired) electrons. The second-order valence-corrected chi connectivity index (χ2v) is 4.37. The summed E-state index contributed by atoms with van der Waals surface area (Å²) in [6.45, 7) is 4.67. The molecule has 0 bridgehead atoms. The Bertz CT molecular complexity index is 194. The van der Waals surface area contributed by atoms with Gasteiger partial charge in [-0.25, -0.2) is 0 Å². The average molecular weight is 199 g/mol. The van der Waals surface area contributed by atoms with E-state index in [0.717, 1.165) is 12.3 Å². The summed E-state index contributed by atoms with van der Waals surface area (Å²) in [7, 11) is 1.55. The quantitative estimate of drug-likeness (QED) is 0.749. The van der Waals surface area contributed by atoms with Gasteiger partial charge in [-0.3, -0.25) is 4.79 Å². The first-order chi connectivity index (χ1) is 6.65. The summed E-state index contributed by atoms with van der Waals surface area (Å²) in [6, 6.07) is 0.349. The fraction of sp³-hybridized carbons (Fsp3) is 0.909. The van der Waals surface area contributed by atoms with Crippen LogP contribution in [0, 0.1) is 11.8 Å². The molecule has 0 aromatic heterocycles. The van der Waals surface area contributed by atoms with Crippen molar-refractivity contribution in [1.82, 2.24) is 5.32 Å². The van der Waals surface area contributed by atoms with Gasteiger partial charge in [0.2, 0.25) is 5.91 Å². The molecule has 1 amide bonds. The first-order valence-electron chi connectivity index (χ1n) is 5.43. The van der Waals surface area contributed by atoms with Crippen molar-refractivity contribution in [2.24, 2.45) is 11.8 Å². The van der Waals surface area contributed by atoms with Crippen LogP contribution in [0.25, 0.3) is 0 Å². The van der Waals surface area contributed by atoms with E-state index in [1.54, 1.807) is 7.11 Å². The van der Waals surface area contributed by atoms with E-state index in [1.165, 1.54) is 12.8 Å². The lowest BCUT2D eigenvalue weighted by Gasteiger charge is -2.34. The van der Waals surface area contributed by atoms with Crippen LogP contribution in [0.4, 0.5) is 0 Å². The van der Waals surface area contributed by atoms with E-state index < -0.39 is 0 Å². The van der Waals surface area contributed by atoms with Crippen molar-refractivity contribution >= 4 is 5.91 Å². The highest BCUT2D eigenvalue weighted by Crippen LogP contribution is 2.29. The molecule has 0 aromatic carbocycles. The molecule has 0 heterocycles. The molecular formula is C11H21NO2. The maximum Gasteiger partial charge on any atom is 0.246 e. The number of carbonyl (C=O) groups is 1. The van der Waals surface area contributed by atoms with Crippen LogP contribution in [-0.2, 0) is 9.53 Å². The smallest absolute Gasteiger partial charge is 0.246 e. The van der Waals surface area contributed by atoms with Crippen LogP contribution in [0.5, 0.6) is 0 Å². The van der Waals surface area contributed by atoms with Crippen molar-refractivity contribution in [3.05, 3.63) is 0 Å². The zero-order valence-corrected chi connectivity index (χ0v) is 9.38. The molecular weight excluding hydrogens is 178 g/mol. The van der Waals surface area contributed by atoms with Gasteiger partial charge < -0.3 is 10.1 Å². The number of nitrogens with one attached hydrogen (secondary N) is 1. The molecule has 3 atom stereocenters. The van der Waals surface area contributed by atoms with Gasteiger partial charge >= 0.3 is 0 Å². The summed E-state index contributed by atoms with van der Waals surface area (Å²) in [5.74, 6) is 1.32. The number of hydrogen-bond acceptors (Lipinski definition) is 2. The fourth-order valence-corrected chi connectivity index (χ4v) is 2.17. The molecule has 1 aliphatic rings. The molecule has 1 fully saturated rings. The van der Waals surface area contributed by atoms with Gasteiger partial charge in [0.05, 0.1) is 0 Å². The summed E-state index contributed by atoms with van der Waals surface area (Å²) in [5, 5.41) is 3.04. The zero-order chi connectivity index (χ0) is 10.6. The minimum Gasteiger partial charge on any atom is -0.375 e. The topological polar surface area (TPSA) is 38.3 Å². The van der Waals surface area contributed by atoms with Crippen LogP contribution in [0.2, 0.25) is 0 Å². The number of ether oxygens (including phenoxy) is 1. The molecule has 1 saturated carbocycles. The molecule has 3 heteroatoms. The Kier molecular flexibility index (Phi) is 4.39. The van der Waals surface area contributed by atoms with Gasteiger partial charge in [0, 0.05) is 13.2 Å². The third-order valence-corrected chi connectivity index (χ3v) is 3.33. The Labute approximate surface area is 86.2 Å². The number of methoxy groups -OCH3 is 1. The molecule has 14 heavy (non-hydrogen) atoms. The van der Waals surface area contributed by atoms with Crippen LogP contribution in [-0.4, -0.2) is 25.7 Å². The van der Waals surface area contributed by atoms with E-state index in [-0.39, 0.29) is 12.5 Å². The van der Waals surface area contributed by atoms with Gasteiger partial charge in [-0.05, 0) is 18.3 Å². The lowest BCUT2D eigenvalue weighted by atomic mass is 9.78. The molecule has 0 aliphatic heterocycles. The Morgan fingerprint density at radius 2 is 2.14 bits per heavy atom. The molecule has 0 aromatic rings. The number of rotatable bonds is 3. The Hall–Kier alpha value is -0.570. The molecule has 1 rings (SSSR count). The first kappa shape index (κ1) is 11.5. The predicted octanol–water partition coefficient (Wildman–Crippen LogP) is 1.57. The van der Waals surface area contributed by atoms with Crippen molar-refractivity contribution < 1.29 is 9.53 Å². The number of hydrogen-bond donors (Lipinski definition) is 1. The van der Waals surface area contributed by atoms with Crippen LogP contribution < -0.4 is 5.32 Å². The summed E-state index contributed by atoms with van der Waals surface area (Å²) in [4.78, 5) is 11.3. The molecule has 1 N–H and O–H groups in total. The number of carbonyl (C=O) groups excluding carboxylic acids is 1. The molecule has 1 aliphatic carbocycles. The van der Waals surface area contributed by atoms with Crippen molar-refractivity contribution in [3.63, 3.8) is 0 Å². The van der Waals surface area contributed by atoms with Crippen molar-refractivity contribution in [2.75, 3.05) is 13.7 Å². The van der Waals surface area contributed by atoms with Crippen LogP contribution in [0.15, 0.2) is 0 Å². The van der Waals surface area contributed by atoms with Crippen molar-refractivity contribution in [1.29, 1.82) is 0 Å². The van der Waals surface area contributed by atoms with E-state index in [1.807, 2.05) is 0 Å². The summed E-state index contributed by atoms with van der Waals surface area (Å²) >= 11 is 0. The van der Waals surface area contributed by atoms with Gasteiger partial charge in [0.15, 0.2) is 0 Å². The highest BCUT2D eigenvalue weighted by atomic mass is 16.5. The van der Waals surface area contributed by atoms with Gasteiger partial charge in [-0.15, -0.1) is 0 Å². The van der Waals surface area contributed by atoms with E-state index in [4.69, 9.17) is 4.74 Å². The second-order valence-electron chi connectivity index (χ2n) is 4.37. The SMILES string of the molecule is COCC(=O)NC1CCCC(C)C1C. The van der Waals surface area contributed by atoms with Gasteiger partial charge in [-0.1, -0.05) is 26.7 Å². The monoisotopic (exact) mass is 199 g/mol. The zero-order valence-electron chi connectivity index (χ0n) is 9.38. The van der Waals surface area contributed by atoms with Crippen molar-refractivity contribution in [2.45, 2.75) is 39.2 Å². The third kappa shape index (κ3) is 2.98. The minimum absolute atomic E-state index is 0.0125. The number of amides is 1. The van der Waals surface area contributed by atoms with Crippen LogP contribution >= 0.6 is 0 Å². The maximum absolute atomic E-state index is 11.3. The van der Waals surface area contributed by atoms with Crippen LogP contribution in [0.1, 0.15) is 33.1 Å². The second kappa shape index (κ2) is 5.35. The largest absolute Gasteiger partial charge is 0.375 e. The molecule has 3 nitrogen and oxygen atoms in total. The molecule has 0 spiro atoms. The average Bonchev–Trinajstić information content (AvgIpc) is 2.13. The Morgan fingerprint density at radius 3 is 2.79 bits per heavy atom. The lowest BCUT2D eigenvalue weighted by molar-refractivity contribution is -0.126. The molecule has 82 valence electrons. The van der Waals surface area contributed by atoms with E-state index in [0.29, 0.717) is 12.0 Å². The maximum atomic E-state index is 11.3. The van der Waals surface area contributed by atoms with E-state index >= 15 is 0 Å². The fourth-order valence-electron chi connectivity index (χ4n) is 2.17. The van der Waals surface area contributed by atoms with Crippen molar-refractivity contribution in [3.8, 4) is 0 Å². The minimum atomic E-state index is 0.0125. The van der Waals surface area contributed by atoms with Gasteiger partial charge in [0.25, 0.3) is 0 Å². The Balaban J connectivity index is 2.39. The lowest BCUT2D eigenvalue weighted by Crippen LogP contribution is -2.44. The highest BCUT2D eigenvalue weighted by Gasteiger charge is 2.27. The van der Waals surface area contributed by atoms with Gasteiger partial charge in [-0.2, -0.15) is 0 Å². The molecule has 0 saturated heterocycles. The highest BCUT2D eigenvalue weighted by molar-refractivity contribution is 5.77. The van der Waals surface area contributed by atoms with Gasteiger partial charge in [0.1, 0.15) is 6.61 Å². The standard InChI is InChI=1S/C11H21NO2/c1-8-5-4-6-10(9(8)2)12-11(13)7-14-3/h8-10H,4-7H2,1-3H3,(H,12,13). The third-order valence-electron chi connectivity index (χ3n) is 3.33. The van der Waals surface area contributed by atoms with Crippen LogP contribution in [0.3, 0.4) is 0 Å².